The Bertz CT molecular complexity index is 979. The lowest BCUT2D eigenvalue weighted by Gasteiger charge is -2.35. The number of benzene rings is 2. The van der Waals surface area contributed by atoms with Crippen LogP contribution in [0.5, 0.6) is 0 Å². The summed E-state index contributed by atoms with van der Waals surface area (Å²) in [6, 6.07) is 13.8. The van der Waals surface area contributed by atoms with Crippen molar-refractivity contribution in [2.45, 2.75) is 71.2 Å². The van der Waals surface area contributed by atoms with Gasteiger partial charge >= 0.3 is 6.03 Å². The number of morpholine rings is 1. The first-order chi connectivity index (χ1) is 15.9. The van der Waals surface area contributed by atoms with Gasteiger partial charge in [0.1, 0.15) is 0 Å². The molecule has 2 aromatic carbocycles. The van der Waals surface area contributed by atoms with E-state index in [0.717, 1.165) is 24.0 Å². The fourth-order valence-corrected chi connectivity index (χ4v) is 4.83. The van der Waals surface area contributed by atoms with E-state index in [0.29, 0.717) is 25.2 Å². The number of nitrogens with one attached hydrogen (secondary N) is 2. The summed E-state index contributed by atoms with van der Waals surface area (Å²) in [6.45, 7) is 7.61. The molecule has 176 valence electrons. The molecule has 2 aliphatic rings. The van der Waals surface area contributed by atoms with E-state index in [-0.39, 0.29) is 30.2 Å². The molecule has 2 N–H and O–H groups in total. The van der Waals surface area contributed by atoms with Gasteiger partial charge < -0.3 is 20.3 Å². The highest BCUT2D eigenvalue weighted by molar-refractivity contribution is 5.94. The molecule has 6 nitrogen and oxygen atoms in total. The van der Waals surface area contributed by atoms with Gasteiger partial charge in [-0.2, -0.15) is 0 Å². The Morgan fingerprint density at radius 1 is 1.00 bits per heavy atom. The minimum atomic E-state index is -0.198. The third-order valence-electron chi connectivity index (χ3n) is 6.58. The number of hydrogen-bond donors (Lipinski definition) is 2. The zero-order chi connectivity index (χ0) is 23.4. The molecule has 1 aliphatic carbocycles. The van der Waals surface area contributed by atoms with Crippen LogP contribution in [0.15, 0.2) is 42.5 Å². The van der Waals surface area contributed by atoms with Crippen LogP contribution in [-0.2, 0) is 24.1 Å². The predicted octanol–water partition coefficient (Wildman–Crippen LogP) is 4.38. The average Bonchev–Trinajstić information content (AvgIpc) is 2.81. The van der Waals surface area contributed by atoms with Crippen molar-refractivity contribution in [1.82, 2.24) is 15.5 Å². The summed E-state index contributed by atoms with van der Waals surface area (Å²) >= 11 is 0. The monoisotopic (exact) mass is 449 g/mol. The molecule has 3 unspecified atom stereocenters. The Morgan fingerprint density at radius 3 is 2.36 bits per heavy atom. The molecular formula is C27H35N3O3. The zero-order valence-corrected chi connectivity index (χ0v) is 19.9. The van der Waals surface area contributed by atoms with Crippen LogP contribution < -0.4 is 10.6 Å². The van der Waals surface area contributed by atoms with Crippen LogP contribution in [0, 0.1) is 0 Å². The van der Waals surface area contributed by atoms with E-state index in [4.69, 9.17) is 4.74 Å². The molecule has 0 saturated carbocycles. The second kappa shape index (κ2) is 10.4. The number of nitrogens with zero attached hydrogens (tertiary/aromatic N) is 1. The number of rotatable bonds is 5. The topological polar surface area (TPSA) is 70.7 Å². The van der Waals surface area contributed by atoms with E-state index in [1.54, 1.807) is 0 Å². The highest BCUT2D eigenvalue weighted by atomic mass is 16.5. The summed E-state index contributed by atoms with van der Waals surface area (Å²) in [5.41, 5.74) is 5.61. The minimum Gasteiger partial charge on any atom is -0.372 e. The number of hydrogen-bond acceptors (Lipinski definition) is 3. The van der Waals surface area contributed by atoms with Crippen LogP contribution in [-0.4, -0.2) is 42.1 Å². The van der Waals surface area contributed by atoms with E-state index < -0.39 is 0 Å². The number of aryl methyl sites for hydroxylation is 2. The highest BCUT2D eigenvalue weighted by Crippen LogP contribution is 2.24. The molecule has 4 rings (SSSR count). The number of ether oxygens (including phenoxy) is 1. The average molecular weight is 450 g/mol. The number of amides is 3. The quantitative estimate of drug-likeness (QED) is 0.712. The lowest BCUT2D eigenvalue weighted by atomic mass is 9.89. The lowest BCUT2D eigenvalue weighted by Crippen LogP contribution is -2.48. The molecule has 3 atom stereocenters. The highest BCUT2D eigenvalue weighted by Gasteiger charge is 2.26. The molecule has 1 saturated heterocycles. The second-order valence-corrected chi connectivity index (χ2v) is 9.45. The standard InChI is InChI=1S/C27H35N3O3/c1-18-16-30(17-19(2)33-18)26(31)23-10-8-21(9-11-23)15-28-27(32)29-20(3)24-13-12-22-6-4-5-7-25(22)14-24/h8-14,18-20H,4-7,15-17H2,1-3H3,(H2,28,29,32). The summed E-state index contributed by atoms with van der Waals surface area (Å²) in [5.74, 6) is 0.0214. The largest absolute Gasteiger partial charge is 0.372 e. The van der Waals surface area contributed by atoms with Gasteiger partial charge in [0.2, 0.25) is 0 Å². The SMILES string of the molecule is CC1CN(C(=O)c2ccc(CNC(=O)NC(C)c3ccc4c(c3)CCCC4)cc2)CC(C)O1. The van der Waals surface area contributed by atoms with Crippen molar-refractivity contribution in [3.8, 4) is 0 Å². The van der Waals surface area contributed by atoms with Gasteiger partial charge in [0.05, 0.1) is 18.2 Å². The molecule has 33 heavy (non-hydrogen) atoms. The van der Waals surface area contributed by atoms with Crippen LogP contribution in [0.4, 0.5) is 4.79 Å². The van der Waals surface area contributed by atoms with Gasteiger partial charge in [-0.1, -0.05) is 30.3 Å². The van der Waals surface area contributed by atoms with Crippen LogP contribution in [0.1, 0.15) is 72.3 Å². The molecule has 6 heteroatoms. The molecule has 1 aliphatic heterocycles. The van der Waals surface area contributed by atoms with Gasteiger partial charge in [-0.25, -0.2) is 4.79 Å². The molecule has 0 aromatic heterocycles. The summed E-state index contributed by atoms with van der Waals surface area (Å²) in [6.07, 6.45) is 4.89. The van der Waals surface area contributed by atoms with Crippen molar-refractivity contribution in [1.29, 1.82) is 0 Å². The van der Waals surface area contributed by atoms with Gasteiger partial charge in [0, 0.05) is 25.2 Å². The molecule has 2 aromatic rings. The maximum Gasteiger partial charge on any atom is 0.315 e. The molecule has 3 amide bonds. The van der Waals surface area contributed by atoms with Crippen LogP contribution in [0.2, 0.25) is 0 Å². The maximum absolute atomic E-state index is 12.8. The second-order valence-electron chi connectivity index (χ2n) is 9.45. The van der Waals surface area contributed by atoms with Crippen LogP contribution >= 0.6 is 0 Å². The van der Waals surface area contributed by atoms with Crippen molar-refractivity contribution >= 4 is 11.9 Å². The van der Waals surface area contributed by atoms with Gasteiger partial charge in [-0.3, -0.25) is 4.79 Å². The number of carbonyl (C=O) groups excluding carboxylic acids is 2. The Morgan fingerprint density at radius 2 is 1.67 bits per heavy atom. The van der Waals surface area contributed by atoms with Gasteiger partial charge in [0.25, 0.3) is 5.91 Å². The van der Waals surface area contributed by atoms with Crippen molar-refractivity contribution in [2.75, 3.05) is 13.1 Å². The molecule has 1 fully saturated rings. The van der Waals surface area contributed by atoms with Crippen LogP contribution in [0.3, 0.4) is 0 Å². The summed E-state index contributed by atoms with van der Waals surface area (Å²) < 4.78 is 5.72. The fraction of sp³-hybridized carbons (Fsp3) is 0.481. The molecule has 0 spiro atoms. The first kappa shape index (κ1) is 23.3. The number of fused-ring (bicyclic) bond motifs is 1. The predicted molar refractivity (Wildman–Crippen MR) is 129 cm³/mol. The molecule has 0 bridgehead atoms. The smallest absolute Gasteiger partial charge is 0.315 e. The summed E-state index contributed by atoms with van der Waals surface area (Å²) in [5, 5.41) is 5.96. The van der Waals surface area contributed by atoms with Crippen LogP contribution in [0.25, 0.3) is 0 Å². The Labute approximate surface area is 196 Å². The van der Waals surface area contributed by atoms with Crippen molar-refractivity contribution in [2.24, 2.45) is 0 Å². The molecule has 1 heterocycles. The zero-order valence-electron chi connectivity index (χ0n) is 19.9. The Kier molecular flexibility index (Phi) is 7.33. The third kappa shape index (κ3) is 5.93. The van der Waals surface area contributed by atoms with E-state index in [1.807, 2.05) is 49.9 Å². The number of urea groups is 1. The van der Waals surface area contributed by atoms with E-state index in [1.165, 1.54) is 24.0 Å². The summed E-state index contributed by atoms with van der Waals surface area (Å²) in [4.78, 5) is 27.1. The maximum atomic E-state index is 12.8. The van der Waals surface area contributed by atoms with Gasteiger partial charge in [0.15, 0.2) is 0 Å². The van der Waals surface area contributed by atoms with Crippen molar-refractivity contribution in [3.63, 3.8) is 0 Å². The first-order valence-electron chi connectivity index (χ1n) is 12.1. The molecular weight excluding hydrogens is 414 g/mol. The van der Waals surface area contributed by atoms with Gasteiger partial charge in [-0.05, 0) is 80.8 Å². The van der Waals surface area contributed by atoms with Crippen molar-refractivity contribution < 1.29 is 14.3 Å². The first-order valence-corrected chi connectivity index (χ1v) is 12.1. The minimum absolute atomic E-state index is 0.0214. The van der Waals surface area contributed by atoms with Crippen molar-refractivity contribution in [3.05, 3.63) is 70.3 Å². The molecule has 0 radical (unpaired) electrons. The van der Waals surface area contributed by atoms with Gasteiger partial charge in [-0.15, -0.1) is 0 Å². The van der Waals surface area contributed by atoms with E-state index in [9.17, 15) is 9.59 Å². The lowest BCUT2D eigenvalue weighted by molar-refractivity contribution is -0.0586. The normalized spacial score (nSPS) is 21.1. The van der Waals surface area contributed by atoms with E-state index >= 15 is 0 Å². The van der Waals surface area contributed by atoms with E-state index in [2.05, 4.69) is 28.8 Å². The third-order valence-corrected chi connectivity index (χ3v) is 6.58. The number of carbonyl (C=O) groups is 2. The Balaban J connectivity index is 1.27. The fourth-order valence-electron chi connectivity index (χ4n) is 4.83. The summed E-state index contributed by atoms with van der Waals surface area (Å²) in [7, 11) is 0. The Hall–Kier alpha value is -2.86.